The summed E-state index contributed by atoms with van der Waals surface area (Å²) in [4.78, 5) is 35.1. The highest BCUT2D eigenvalue weighted by atomic mass is 16.5. The fourth-order valence-electron chi connectivity index (χ4n) is 3.55. The molecule has 0 fully saturated rings. The van der Waals surface area contributed by atoms with Crippen LogP contribution in [-0.2, 0) is 11.2 Å². The van der Waals surface area contributed by atoms with Crippen LogP contribution in [0.15, 0.2) is 48.8 Å². The molecular formula is C26H30N4O4. The van der Waals surface area contributed by atoms with Crippen molar-refractivity contribution >= 4 is 17.5 Å². The molecule has 178 valence electrons. The molecule has 1 heterocycles. The van der Waals surface area contributed by atoms with Crippen molar-refractivity contribution in [2.24, 2.45) is 0 Å². The number of hydrogen-bond acceptors (Lipinski definition) is 6. The van der Waals surface area contributed by atoms with Crippen molar-refractivity contribution in [1.82, 2.24) is 14.9 Å². The van der Waals surface area contributed by atoms with E-state index < -0.39 is 0 Å². The third-order valence-corrected chi connectivity index (χ3v) is 5.51. The van der Waals surface area contributed by atoms with Crippen molar-refractivity contribution in [2.75, 3.05) is 25.5 Å². The lowest BCUT2D eigenvalue weighted by Crippen LogP contribution is -2.31. The number of hydrogen-bond donors (Lipinski definition) is 1. The molecule has 0 saturated heterocycles. The molecule has 0 radical (unpaired) electrons. The van der Waals surface area contributed by atoms with Crippen LogP contribution < -0.4 is 14.8 Å². The Hall–Kier alpha value is -3.94. The Balaban J connectivity index is 1.70. The lowest BCUT2D eigenvalue weighted by molar-refractivity contribution is -0.130. The highest BCUT2D eigenvalue weighted by Gasteiger charge is 2.15. The number of rotatable bonds is 9. The maximum Gasteiger partial charge on any atom is 0.322 e. The third-order valence-electron chi connectivity index (χ3n) is 5.51. The van der Waals surface area contributed by atoms with Crippen LogP contribution in [0.3, 0.4) is 0 Å². The monoisotopic (exact) mass is 462 g/mol. The SMILES string of the molecule is CCN(CC)C(=O)Cc1ccc(Oc2ncc(C(=O)Nc3c(C)cccc3C)cn2)c(OC)c1. The summed E-state index contributed by atoms with van der Waals surface area (Å²) < 4.78 is 11.2. The van der Waals surface area contributed by atoms with Crippen molar-refractivity contribution in [2.45, 2.75) is 34.1 Å². The number of aryl methyl sites for hydroxylation is 2. The predicted octanol–water partition coefficient (Wildman–Crippen LogP) is 4.56. The van der Waals surface area contributed by atoms with Crippen LogP contribution in [0.2, 0.25) is 0 Å². The number of likely N-dealkylation sites (N-methyl/N-ethyl adjacent to an activating group) is 1. The quantitative estimate of drug-likeness (QED) is 0.501. The molecule has 0 aliphatic carbocycles. The van der Waals surface area contributed by atoms with Crippen molar-refractivity contribution < 1.29 is 19.1 Å². The van der Waals surface area contributed by atoms with Gasteiger partial charge in [0.1, 0.15) is 0 Å². The van der Waals surface area contributed by atoms with E-state index >= 15 is 0 Å². The van der Waals surface area contributed by atoms with Gasteiger partial charge in [0.15, 0.2) is 11.5 Å². The standard InChI is InChI=1S/C26H30N4O4/c1-6-30(7-2)23(31)14-19-11-12-21(22(13-19)33-5)34-26-27-15-20(16-28-26)25(32)29-24-17(3)9-8-10-18(24)4/h8-13,15-16H,6-7,14H2,1-5H3,(H,29,32). The fraction of sp³-hybridized carbons (Fsp3) is 0.308. The minimum atomic E-state index is -0.302. The molecule has 0 aliphatic heterocycles. The zero-order chi connectivity index (χ0) is 24.7. The summed E-state index contributed by atoms with van der Waals surface area (Å²) in [6.07, 6.45) is 3.10. The topological polar surface area (TPSA) is 93.7 Å². The first-order valence-electron chi connectivity index (χ1n) is 11.2. The Morgan fingerprint density at radius 2 is 1.62 bits per heavy atom. The molecule has 3 rings (SSSR count). The van der Waals surface area contributed by atoms with Gasteiger partial charge >= 0.3 is 6.01 Å². The Labute approximate surface area is 199 Å². The minimum Gasteiger partial charge on any atom is -0.493 e. The lowest BCUT2D eigenvalue weighted by atomic mass is 10.1. The van der Waals surface area contributed by atoms with E-state index in [0.29, 0.717) is 30.2 Å². The second kappa shape index (κ2) is 11.3. The third kappa shape index (κ3) is 5.89. The molecular weight excluding hydrogens is 432 g/mol. The number of nitrogens with one attached hydrogen (secondary N) is 1. The second-order valence-electron chi connectivity index (χ2n) is 7.81. The predicted molar refractivity (Wildman–Crippen MR) is 131 cm³/mol. The summed E-state index contributed by atoms with van der Waals surface area (Å²) in [5.74, 6) is 0.627. The molecule has 2 aromatic carbocycles. The lowest BCUT2D eigenvalue weighted by Gasteiger charge is -2.19. The van der Waals surface area contributed by atoms with Gasteiger partial charge in [0.05, 0.1) is 19.1 Å². The van der Waals surface area contributed by atoms with Crippen LogP contribution in [0.1, 0.15) is 40.9 Å². The van der Waals surface area contributed by atoms with Crippen LogP contribution in [0, 0.1) is 13.8 Å². The van der Waals surface area contributed by atoms with Gasteiger partial charge in [-0.05, 0) is 56.5 Å². The van der Waals surface area contributed by atoms with Crippen molar-refractivity contribution in [3.8, 4) is 17.5 Å². The van der Waals surface area contributed by atoms with Gasteiger partial charge in [-0.2, -0.15) is 0 Å². The number of methoxy groups -OCH3 is 1. The average molecular weight is 463 g/mol. The number of amides is 2. The minimum absolute atomic E-state index is 0.0545. The van der Waals surface area contributed by atoms with Crippen molar-refractivity contribution in [3.05, 3.63) is 71.0 Å². The van der Waals surface area contributed by atoms with E-state index in [1.165, 1.54) is 19.5 Å². The number of carbonyl (C=O) groups is 2. The Bertz CT molecular complexity index is 1140. The zero-order valence-corrected chi connectivity index (χ0v) is 20.2. The fourth-order valence-corrected chi connectivity index (χ4v) is 3.55. The first-order chi connectivity index (χ1) is 16.4. The van der Waals surface area contributed by atoms with E-state index in [-0.39, 0.29) is 24.2 Å². The molecule has 34 heavy (non-hydrogen) atoms. The van der Waals surface area contributed by atoms with Gasteiger partial charge in [-0.15, -0.1) is 0 Å². The van der Waals surface area contributed by atoms with E-state index in [9.17, 15) is 9.59 Å². The first kappa shape index (κ1) is 24.7. The molecule has 0 bridgehead atoms. The van der Waals surface area contributed by atoms with Crippen molar-refractivity contribution in [3.63, 3.8) is 0 Å². The number of anilines is 1. The van der Waals surface area contributed by atoms with E-state index in [4.69, 9.17) is 9.47 Å². The number of ether oxygens (including phenoxy) is 2. The summed E-state index contributed by atoms with van der Waals surface area (Å²) >= 11 is 0. The molecule has 0 atom stereocenters. The Morgan fingerprint density at radius 3 is 2.21 bits per heavy atom. The molecule has 0 spiro atoms. The Morgan fingerprint density at radius 1 is 0.971 bits per heavy atom. The van der Waals surface area contributed by atoms with Gasteiger partial charge in [0.2, 0.25) is 5.91 Å². The normalized spacial score (nSPS) is 10.5. The second-order valence-corrected chi connectivity index (χ2v) is 7.81. The van der Waals surface area contributed by atoms with Gasteiger partial charge in [0.25, 0.3) is 5.91 Å². The van der Waals surface area contributed by atoms with Crippen LogP contribution in [-0.4, -0.2) is 46.9 Å². The zero-order valence-electron chi connectivity index (χ0n) is 20.2. The summed E-state index contributed by atoms with van der Waals surface area (Å²) in [6.45, 7) is 9.13. The summed E-state index contributed by atoms with van der Waals surface area (Å²) in [7, 11) is 1.53. The largest absolute Gasteiger partial charge is 0.493 e. The molecule has 0 saturated carbocycles. The number of carbonyl (C=O) groups excluding carboxylic acids is 2. The Kier molecular flexibility index (Phi) is 8.19. The average Bonchev–Trinajstić information content (AvgIpc) is 2.83. The van der Waals surface area contributed by atoms with Crippen LogP contribution in [0.5, 0.6) is 17.5 Å². The molecule has 2 amide bonds. The summed E-state index contributed by atoms with van der Waals surface area (Å²) in [5.41, 5.74) is 3.86. The van der Waals surface area contributed by atoms with Crippen LogP contribution in [0.25, 0.3) is 0 Å². The maximum absolute atomic E-state index is 12.6. The van der Waals surface area contributed by atoms with E-state index in [2.05, 4.69) is 15.3 Å². The molecule has 3 aromatic rings. The summed E-state index contributed by atoms with van der Waals surface area (Å²) in [5, 5.41) is 2.91. The molecule has 0 unspecified atom stereocenters. The van der Waals surface area contributed by atoms with Gasteiger partial charge in [-0.1, -0.05) is 24.3 Å². The molecule has 8 nitrogen and oxygen atoms in total. The number of nitrogens with zero attached hydrogens (tertiary/aromatic N) is 3. The molecule has 1 N–H and O–H groups in total. The van der Waals surface area contributed by atoms with Crippen molar-refractivity contribution in [1.29, 1.82) is 0 Å². The van der Waals surface area contributed by atoms with Crippen LogP contribution >= 0.6 is 0 Å². The van der Waals surface area contributed by atoms with Gasteiger partial charge in [-0.25, -0.2) is 9.97 Å². The number of benzene rings is 2. The highest BCUT2D eigenvalue weighted by Crippen LogP contribution is 2.31. The first-order valence-corrected chi connectivity index (χ1v) is 11.2. The number of para-hydroxylation sites is 1. The smallest absolute Gasteiger partial charge is 0.322 e. The molecule has 0 aliphatic rings. The van der Waals surface area contributed by atoms with E-state index in [1.807, 2.05) is 52.0 Å². The van der Waals surface area contributed by atoms with Gasteiger partial charge in [-0.3, -0.25) is 9.59 Å². The van der Waals surface area contributed by atoms with Crippen LogP contribution in [0.4, 0.5) is 5.69 Å². The summed E-state index contributed by atoms with van der Waals surface area (Å²) in [6, 6.07) is 11.2. The van der Waals surface area contributed by atoms with Gasteiger partial charge < -0.3 is 19.7 Å². The van der Waals surface area contributed by atoms with E-state index in [0.717, 1.165) is 22.4 Å². The highest BCUT2D eigenvalue weighted by molar-refractivity contribution is 6.04. The van der Waals surface area contributed by atoms with E-state index in [1.54, 1.807) is 17.0 Å². The maximum atomic E-state index is 12.6. The molecule has 1 aromatic heterocycles. The molecule has 8 heteroatoms. The number of aromatic nitrogens is 2. The van der Waals surface area contributed by atoms with Gasteiger partial charge in [0, 0.05) is 31.2 Å².